The Morgan fingerprint density at radius 2 is 2.35 bits per heavy atom. The summed E-state index contributed by atoms with van der Waals surface area (Å²) in [6.07, 6.45) is 0.487. The van der Waals surface area contributed by atoms with Crippen LogP contribution in [0.15, 0.2) is 28.7 Å². The van der Waals surface area contributed by atoms with Gasteiger partial charge in [-0.15, -0.1) is 0 Å². The summed E-state index contributed by atoms with van der Waals surface area (Å²) in [5, 5.41) is 3.37. The van der Waals surface area contributed by atoms with E-state index in [2.05, 4.69) is 28.2 Å². The number of benzene rings is 1. The van der Waals surface area contributed by atoms with E-state index in [0.29, 0.717) is 19.1 Å². The Labute approximate surface area is 110 Å². The fraction of sp³-hybridized carbons (Fsp3) is 0.462. The van der Waals surface area contributed by atoms with Gasteiger partial charge in [0.15, 0.2) is 5.78 Å². The standard InChI is InChI=1S/C13H16BrNO2/c1-9-7-17-8-12(15-9)6-13(16)10-3-2-4-11(14)5-10/h2-5,9,12,15H,6-8H2,1H3. The number of rotatable bonds is 3. The van der Waals surface area contributed by atoms with Crippen LogP contribution in [-0.2, 0) is 4.74 Å². The molecule has 4 heteroatoms. The fourth-order valence-corrected chi connectivity index (χ4v) is 2.41. The Bertz CT molecular complexity index is 408. The van der Waals surface area contributed by atoms with Crippen LogP contribution in [0.5, 0.6) is 0 Å². The van der Waals surface area contributed by atoms with Crippen molar-refractivity contribution in [2.24, 2.45) is 0 Å². The van der Waals surface area contributed by atoms with Crippen LogP contribution < -0.4 is 5.32 Å². The molecule has 1 heterocycles. The molecule has 0 aromatic heterocycles. The second-order valence-electron chi connectivity index (χ2n) is 4.44. The smallest absolute Gasteiger partial charge is 0.164 e. The van der Waals surface area contributed by atoms with E-state index >= 15 is 0 Å². The molecule has 17 heavy (non-hydrogen) atoms. The summed E-state index contributed by atoms with van der Waals surface area (Å²) >= 11 is 3.37. The van der Waals surface area contributed by atoms with Crippen LogP contribution in [0.2, 0.25) is 0 Å². The maximum atomic E-state index is 12.1. The highest BCUT2D eigenvalue weighted by Gasteiger charge is 2.21. The Morgan fingerprint density at radius 1 is 1.53 bits per heavy atom. The van der Waals surface area contributed by atoms with Gasteiger partial charge in [0.2, 0.25) is 0 Å². The van der Waals surface area contributed by atoms with Gasteiger partial charge in [-0.05, 0) is 19.1 Å². The Kier molecular flexibility index (Phi) is 4.31. The van der Waals surface area contributed by atoms with Crippen LogP contribution in [0.4, 0.5) is 0 Å². The normalized spacial score (nSPS) is 24.6. The Morgan fingerprint density at radius 3 is 3.06 bits per heavy atom. The third kappa shape index (κ3) is 3.63. The topological polar surface area (TPSA) is 38.3 Å². The molecule has 0 aliphatic carbocycles. The lowest BCUT2D eigenvalue weighted by Gasteiger charge is -2.28. The zero-order valence-corrected chi connectivity index (χ0v) is 11.4. The molecule has 1 aromatic carbocycles. The third-order valence-corrected chi connectivity index (χ3v) is 3.28. The van der Waals surface area contributed by atoms with Crippen molar-refractivity contribution in [3.8, 4) is 0 Å². The van der Waals surface area contributed by atoms with Crippen LogP contribution in [0.3, 0.4) is 0 Å². The molecule has 92 valence electrons. The molecule has 1 saturated heterocycles. The SMILES string of the molecule is CC1COCC(CC(=O)c2cccc(Br)c2)N1. The summed E-state index contributed by atoms with van der Waals surface area (Å²) in [5.41, 5.74) is 0.749. The number of hydrogen-bond acceptors (Lipinski definition) is 3. The van der Waals surface area contributed by atoms with Gasteiger partial charge in [-0.2, -0.15) is 0 Å². The fourth-order valence-electron chi connectivity index (χ4n) is 2.01. The first kappa shape index (κ1) is 12.7. The van der Waals surface area contributed by atoms with Gasteiger partial charge in [0.1, 0.15) is 0 Å². The van der Waals surface area contributed by atoms with E-state index in [1.807, 2.05) is 24.3 Å². The highest BCUT2D eigenvalue weighted by atomic mass is 79.9. The van der Waals surface area contributed by atoms with Gasteiger partial charge in [-0.1, -0.05) is 28.1 Å². The number of carbonyl (C=O) groups excluding carboxylic acids is 1. The molecule has 2 rings (SSSR count). The van der Waals surface area contributed by atoms with Gasteiger partial charge in [0.25, 0.3) is 0 Å². The summed E-state index contributed by atoms with van der Waals surface area (Å²) in [7, 11) is 0. The molecule has 1 aromatic rings. The van der Waals surface area contributed by atoms with Crippen molar-refractivity contribution in [1.82, 2.24) is 5.32 Å². The molecule has 2 unspecified atom stereocenters. The zero-order valence-electron chi connectivity index (χ0n) is 9.78. The molecule has 0 radical (unpaired) electrons. The van der Waals surface area contributed by atoms with Crippen LogP contribution >= 0.6 is 15.9 Å². The number of Topliss-reactive ketones (excluding diaryl/α,β-unsaturated/α-hetero) is 1. The first-order chi connectivity index (χ1) is 8.15. The van der Waals surface area contributed by atoms with E-state index in [1.54, 1.807) is 0 Å². The zero-order chi connectivity index (χ0) is 12.3. The lowest BCUT2D eigenvalue weighted by Crippen LogP contribution is -2.48. The van der Waals surface area contributed by atoms with Crippen molar-refractivity contribution in [2.75, 3.05) is 13.2 Å². The summed E-state index contributed by atoms with van der Waals surface area (Å²) in [4.78, 5) is 12.1. The van der Waals surface area contributed by atoms with Crippen molar-refractivity contribution in [3.63, 3.8) is 0 Å². The minimum absolute atomic E-state index is 0.130. The minimum atomic E-state index is 0.130. The van der Waals surface area contributed by atoms with Crippen LogP contribution in [0.25, 0.3) is 0 Å². The van der Waals surface area contributed by atoms with Gasteiger partial charge in [-0.25, -0.2) is 0 Å². The van der Waals surface area contributed by atoms with E-state index in [9.17, 15) is 4.79 Å². The van der Waals surface area contributed by atoms with E-state index in [1.165, 1.54) is 0 Å². The predicted molar refractivity (Wildman–Crippen MR) is 70.3 cm³/mol. The lowest BCUT2D eigenvalue weighted by molar-refractivity contribution is 0.0463. The average Bonchev–Trinajstić information content (AvgIpc) is 2.29. The molecule has 1 aliphatic heterocycles. The first-order valence-corrected chi connectivity index (χ1v) is 6.57. The first-order valence-electron chi connectivity index (χ1n) is 5.77. The molecule has 1 N–H and O–H groups in total. The van der Waals surface area contributed by atoms with Crippen molar-refractivity contribution in [1.29, 1.82) is 0 Å². The maximum absolute atomic E-state index is 12.1. The molecule has 2 atom stereocenters. The van der Waals surface area contributed by atoms with Crippen molar-refractivity contribution >= 4 is 21.7 Å². The highest BCUT2D eigenvalue weighted by molar-refractivity contribution is 9.10. The van der Waals surface area contributed by atoms with Crippen LogP contribution in [-0.4, -0.2) is 31.1 Å². The Hall–Kier alpha value is -0.710. The summed E-state index contributed by atoms with van der Waals surface area (Å²) in [6, 6.07) is 7.95. The summed E-state index contributed by atoms with van der Waals surface area (Å²) < 4.78 is 6.37. The van der Waals surface area contributed by atoms with E-state index in [0.717, 1.165) is 16.6 Å². The highest BCUT2D eigenvalue weighted by Crippen LogP contribution is 2.14. The number of ether oxygens (including phenoxy) is 1. The third-order valence-electron chi connectivity index (χ3n) is 2.79. The quantitative estimate of drug-likeness (QED) is 0.871. The van der Waals surface area contributed by atoms with E-state index in [4.69, 9.17) is 4.74 Å². The van der Waals surface area contributed by atoms with Gasteiger partial charge in [-0.3, -0.25) is 4.79 Å². The second-order valence-corrected chi connectivity index (χ2v) is 5.36. The monoisotopic (exact) mass is 297 g/mol. The van der Waals surface area contributed by atoms with E-state index in [-0.39, 0.29) is 11.8 Å². The number of ketones is 1. The molecule has 0 amide bonds. The van der Waals surface area contributed by atoms with E-state index < -0.39 is 0 Å². The van der Waals surface area contributed by atoms with Gasteiger partial charge < -0.3 is 10.1 Å². The average molecular weight is 298 g/mol. The number of nitrogens with one attached hydrogen (secondary N) is 1. The molecular weight excluding hydrogens is 282 g/mol. The number of hydrogen-bond donors (Lipinski definition) is 1. The lowest BCUT2D eigenvalue weighted by atomic mass is 10.0. The van der Waals surface area contributed by atoms with Crippen molar-refractivity contribution in [3.05, 3.63) is 34.3 Å². The Balaban J connectivity index is 1.97. The van der Waals surface area contributed by atoms with Crippen molar-refractivity contribution in [2.45, 2.75) is 25.4 Å². The van der Waals surface area contributed by atoms with Crippen LogP contribution in [0, 0.1) is 0 Å². The summed E-state index contributed by atoms with van der Waals surface area (Å²) in [6.45, 7) is 3.40. The minimum Gasteiger partial charge on any atom is -0.378 e. The molecule has 3 nitrogen and oxygen atoms in total. The summed E-state index contributed by atoms with van der Waals surface area (Å²) in [5.74, 6) is 0.154. The largest absolute Gasteiger partial charge is 0.378 e. The molecule has 1 fully saturated rings. The second kappa shape index (κ2) is 5.76. The number of morpholine rings is 1. The molecular formula is C13H16BrNO2. The van der Waals surface area contributed by atoms with Gasteiger partial charge >= 0.3 is 0 Å². The molecule has 1 aliphatic rings. The van der Waals surface area contributed by atoms with Crippen molar-refractivity contribution < 1.29 is 9.53 Å². The number of halogens is 1. The molecule has 0 saturated carbocycles. The van der Waals surface area contributed by atoms with Gasteiger partial charge in [0.05, 0.1) is 13.2 Å². The molecule has 0 bridgehead atoms. The predicted octanol–water partition coefficient (Wildman–Crippen LogP) is 2.40. The number of carbonyl (C=O) groups is 1. The van der Waals surface area contributed by atoms with Crippen LogP contribution in [0.1, 0.15) is 23.7 Å². The maximum Gasteiger partial charge on any atom is 0.164 e. The molecule has 0 spiro atoms. The van der Waals surface area contributed by atoms with Gasteiger partial charge in [0, 0.05) is 28.5 Å².